The van der Waals surface area contributed by atoms with Crippen molar-refractivity contribution in [3.05, 3.63) is 24.0 Å². The van der Waals surface area contributed by atoms with Gasteiger partial charge in [-0.2, -0.15) is 0 Å². The Labute approximate surface area is 74.9 Å². The highest BCUT2D eigenvalue weighted by Crippen LogP contribution is 2.13. The molecule has 0 saturated heterocycles. The van der Waals surface area contributed by atoms with Crippen molar-refractivity contribution in [2.75, 3.05) is 0 Å². The first-order valence-corrected chi connectivity index (χ1v) is 3.85. The zero-order valence-corrected chi connectivity index (χ0v) is 7.35. The van der Waals surface area contributed by atoms with E-state index < -0.39 is 0 Å². The minimum Gasteiger partial charge on any atom is -0.420 e. The van der Waals surface area contributed by atoms with Crippen molar-refractivity contribution in [1.29, 1.82) is 0 Å². The summed E-state index contributed by atoms with van der Waals surface area (Å²) in [5.41, 5.74) is 1.54. The molecule has 2 aromatic rings. The molecule has 2 heterocycles. The maximum Gasteiger partial charge on any atom is 0.266 e. The first kappa shape index (κ1) is 7.85. The minimum absolute atomic E-state index is 0.433. The summed E-state index contributed by atoms with van der Waals surface area (Å²) >= 11 is 0. The van der Waals surface area contributed by atoms with Gasteiger partial charge < -0.3 is 4.42 Å². The van der Waals surface area contributed by atoms with Gasteiger partial charge >= 0.3 is 0 Å². The lowest BCUT2D eigenvalue weighted by Crippen LogP contribution is -1.87. The third-order valence-corrected chi connectivity index (χ3v) is 1.55. The first-order chi connectivity index (χ1) is 6.25. The van der Waals surface area contributed by atoms with E-state index in [9.17, 15) is 0 Å². The van der Waals surface area contributed by atoms with Crippen molar-refractivity contribution in [2.24, 2.45) is 0 Å². The largest absolute Gasteiger partial charge is 0.420 e. The second-order valence-electron chi connectivity index (χ2n) is 2.67. The Hall–Kier alpha value is -1.78. The van der Waals surface area contributed by atoms with E-state index in [-0.39, 0.29) is 0 Å². The summed E-state index contributed by atoms with van der Waals surface area (Å²) in [4.78, 5) is 7.99. The fourth-order valence-corrected chi connectivity index (χ4v) is 0.972. The Morgan fingerprint density at radius 3 is 2.62 bits per heavy atom. The van der Waals surface area contributed by atoms with Crippen LogP contribution in [-0.4, -0.2) is 20.2 Å². The SMILES string of the molecule is Cc1cc(-c2nnc(C)o2)ncn1. The van der Waals surface area contributed by atoms with Crippen molar-refractivity contribution < 1.29 is 4.42 Å². The summed E-state index contributed by atoms with van der Waals surface area (Å²) in [7, 11) is 0. The lowest BCUT2D eigenvalue weighted by molar-refractivity contribution is 0.530. The molecular formula is C8H8N4O. The van der Waals surface area contributed by atoms with E-state index in [0.29, 0.717) is 17.5 Å². The fraction of sp³-hybridized carbons (Fsp3) is 0.250. The molecule has 0 aliphatic carbocycles. The van der Waals surface area contributed by atoms with Gasteiger partial charge in [0.1, 0.15) is 12.0 Å². The molecule has 0 aliphatic heterocycles. The van der Waals surface area contributed by atoms with Gasteiger partial charge in [-0.1, -0.05) is 0 Å². The van der Waals surface area contributed by atoms with Gasteiger partial charge in [0.15, 0.2) is 0 Å². The molecular weight excluding hydrogens is 168 g/mol. The first-order valence-electron chi connectivity index (χ1n) is 3.85. The summed E-state index contributed by atoms with van der Waals surface area (Å²) in [6.07, 6.45) is 1.48. The highest BCUT2D eigenvalue weighted by Gasteiger charge is 2.06. The second-order valence-corrected chi connectivity index (χ2v) is 2.67. The maximum absolute atomic E-state index is 5.21. The number of aryl methyl sites for hydroxylation is 2. The normalized spacial score (nSPS) is 10.3. The van der Waals surface area contributed by atoms with Crippen molar-refractivity contribution >= 4 is 0 Å². The molecule has 2 aromatic heterocycles. The van der Waals surface area contributed by atoms with Crippen LogP contribution in [0.1, 0.15) is 11.6 Å². The van der Waals surface area contributed by atoms with Gasteiger partial charge in [-0.25, -0.2) is 9.97 Å². The van der Waals surface area contributed by atoms with Crippen LogP contribution in [0.2, 0.25) is 0 Å². The molecule has 0 spiro atoms. The summed E-state index contributed by atoms with van der Waals surface area (Å²) in [5, 5.41) is 7.57. The van der Waals surface area contributed by atoms with E-state index in [0.717, 1.165) is 5.69 Å². The van der Waals surface area contributed by atoms with Crippen LogP contribution in [-0.2, 0) is 0 Å². The molecule has 0 fully saturated rings. The molecule has 0 bridgehead atoms. The van der Waals surface area contributed by atoms with Crippen molar-refractivity contribution in [3.8, 4) is 11.6 Å². The molecule has 0 amide bonds. The van der Waals surface area contributed by atoms with Crippen LogP contribution >= 0.6 is 0 Å². The van der Waals surface area contributed by atoms with E-state index >= 15 is 0 Å². The summed E-state index contributed by atoms with van der Waals surface area (Å²) in [5.74, 6) is 0.967. The monoisotopic (exact) mass is 176 g/mol. The van der Waals surface area contributed by atoms with Crippen LogP contribution in [0.4, 0.5) is 0 Å². The van der Waals surface area contributed by atoms with Crippen LogP contribution in [0.15, 0.2) is 16.8 Å². The fourth-order valence-electron chi connectivity index (χ4n) is 0.972. The topological polar surface area (TPSA) is 64.7 Å². The lowest BCUT2D eigenvalue weighted by Gasteiger charge is -1.93. The highest BCUT2D eigenvalue weighted by atomic mass is 16.4. The third-order valence-electron chi connectivity index (χ3n) is 1.55. The number of nitrogens with zero attached hydrogens (tertiary/aromatic N) is 4. The molecule has 0 aliphatic rings. The van der Waals surface area contributed by atoms with Crippen molar-refractivity contribution in [1.82, 2.24) is 20.2 Å². The standard InChI is InChI=1S/C8H8N4O/c1-5-3-7(10-4-9-5)8-12-11-6(2)13-8/h3-4H,1-2H3. The molecule has 0 unspecified atom stereocenters. The van der Waals surface area contributed by atoms with Gasteiger partial charge in [-0.05, 0) is 13.0 Å². The average molecular weight is 176 g/mol. The van der Waals surface area contributed by atoms with E-state index in [4.69, 9.17) is 4.42 Å². The number of hydrogen-bond donors (Lipinski definition) is 0. The Morgan fingerprint density at radius 1 is 1.15 bits per heavy atom. The van der Waals surface area contributed by atoms with Gasteiger partial charge in [0.05, 0.1) is 0 Å². The molecule has 0 N–H and O–H groups in total. The Morgan fingerprint density at radius 2 is 2.00 bits per heavy atom. The van der Waals surface area contributed by atoms with Gasteiger partial charge in [0.25, 0.3) is 5.89 Å². The van der Waals surface area contributed by atoms with Crippen molar-refractivity contribution in [2.45, 2.75) is 13.8 Å². The highest BCUT2D eigenvalue weighted by molar-refractivity contribution is 5.45. The average Bonchev–Trinajstić information content (AvgIpc) is 2.52. The summed E-state index contributed by atoms with van der Waals surface area (Å²) < 4.78 is 5.21. The smallest absolute Gasteiger partial charge is 0.266 e. The molecule has 0 saturated carbocycles. The molecule has 13 heavy (non-hydrogen) atoms. The Bertz CT molecular complexity index is 424. The zero-order chi connectivity index (χ0) is 9.26. The van der Waals surface area contributed by atoms with E-state index in [1.807, 2.05) is 6.92 Å². The van der Waals surface area contributed by atoms with Gasteiger partial charge in [0, 0.05) is 12.6 Å². The van der Waals surface area contributed by atoms with E-state index in [1.165, 1.54) is 6.33 Å². The van der Waals surface area contributed by atoms with Crippen LogP contribution in [0, 0.1) is 13.8 Å². The van der Waals surface area contributed by atoms with E-state index in [1.54, 1.807) is 13.0 Å². The van der Waals surface area contributed by atoms with Gasteiger partial charge in [0.2, 0.25) is 5.89 Å². The number of hydrogen-bond acceptors (Lipinski definition) is 5. The third kappa shape index (κ3) is 1.53. The molecule has 5 heteroatoms. The van der Waals surface area contributed by atoms with Crippen LogP contribution in [0.3, 0.4) is 0 Å². The predicted molar refractivity (Wildman–Crippen MR) is 44.8 cm³/mol. The molecule has 5 nitrogen and oxygen atoms in total. The molecule has 0 atom stereocenters. The molecule has 2 rings (SSSR count). The zero-order valence-electron chi connectivity index (χ0n) is 7.35. The predicted octanol–water partition coefficient (Wildman–Crippen LogP) is 1.14. The second kappa shape index (κ2) is 2.93. The summed E-state index contributed by atoms with van der Waals surface area (Å²) in [6, 6.07) is 1.80. The quantitative estimate of drug-likeness (QED) is 0.651. The number of aromatic nitrogens is 4. The van der Waals surface area contributed by atoms with E-state index in [2.05, 4.69) is 20.2 Å². The van der Waals surface area contributed by atoms with Gasteiger partial charge in [-0.15, -0.1) is 10.2 Å². The molecule has 66 valence electrons. The van der Waals surface area contributed by atoms with Crippen LogP contribution in [0.5, 0.6) is 0 Å². The lowest BCUT2D eigenvalue weighted by atomic mass is 10.3. The van der Waals surface area contributed by atoms with Crippen LogP contribution < -0.4 is 0 Å². The van der Waals surface area contributed by atoms with Crippen molar-refractivity contribution in [3.63, 3.8) is 0 Å². The van der Waals surface area contributed by atoms with Gasteiger partial charge in [-0.3, -0.25) is 0 Å². The molecule has 0 aromatic carbocycles. The maximum atomic E-state index is 5.21. The minimum atomic E-state index is 0.433. The Kier molecular flexibility index (Phi) is 1.77. The van der Waals surface area contributed by atoms with Crippen LogP contribution in [0.25, 0.3) is 11.6 Å². The Balaban J connectivity index is 2.46. The number of rotatable bonds is 1. The molecule has 0 radical (unpaired) electrons. The summed E-state index contributed by atoms with van der Waals surface area (Å²) in [6.45, 7) is 3.62.